The molecule has 1 aromatic heterocycles. The Labute approximate surface area is 89.3 Å². The van der Waals surface area contributed by atoms with Gasteiger partial charge < -0.3 is 9.67 Å². The van der Waals surface area contributed by atoms with Gasteiger partial charge in [0.25, 0.3) is 0 Å². The van der Waals surface area contributed by atoms with Crippen molar-refractivity contribution in [3.05, 3.63) is 18.2 Å². The lowest BCUT2D eigenvalue weighted by Gasteiger charge is -2.19. The predicted molar refractivity (Wildman–Crippen MR) is 56.4 cm³/mol. The maximum absolute atomic E-state index is 10.6. The van der Waals surface area contributed by atoms with E-state index in [0.717, 1.165) is 18.7 Å². The number of imidazole rings is 1. The van der Waals surface area contributed by atoms with Crippen molar-refractivity contribution in [1.82, 2.24) is 14.5 Å². The molecule has 1 heterocycles. The van der Waals surface area contributed by atoms with Gasteiger partial charge in [-0.25, -0.2) is 4.98 Å². The third kappa shape index (κ3) is 3.71. The Morgan fingerprint density at radius 3 is 2.87 bits per heavy atom. The number of carboxylic acids is 1. The van der Waals surface area contributed by atoms with E-state index < -0.39 is 5.97 Å². The summed E-state index contributed by atoms with van der Waals surface area (Å²) >= 11 is 0. The monoisotopic (exact) mass is 211 g/mol. The fraction of sp³-hybridized carbons (Fsp3) is 0.600. The molecule has 0 saturated carbocycles. The lowest BCUT2D eigenvalue weighted by molar-refractivity contribution is -0.138. The number of nitrogens with zero attached hydrogens (tertiary/aromatic N) is 3. The molecule has 0 radical (unpaired) electrons. The second kappa shape index (κ2) is 5.50. The first kappa shape index (κ1) is 11.7. The van der Waals surface area contributed by atoms with Gasteiger partial charge in [0.05, 0.1) is 18.6 Å². The van der Waals surface area contributed by atoms with Crippen molar-refractivity contribution in [2.75, 3.05) is 13.1 Å². The van der Waals surface area contributed by atoms with E-state index >= 15 is 0 Å². The maximum atomic E-state index is 10.6. The normalized spacial score (nSPS) is 10.9. The van der Waals surface area contributed by atoms with Crippen molar-refractivity contribution < 1.29 is 9.90 Å². The van der Waals surface area contributed by atoms with Crippen molar-refractivity contribution >= 4 is 5.97 Å². The maximum Gasteiger partial charge on any atom is 0.317 e. The summed E-state index contributed by atoms with van der Waals surface area (Å²) in [5.41, 5.74) is 1.03. The van der Waals surface area contributed by atoms with Gasteiger partial charge in [0, 0.05) is 19.8 Å². The molecule has 0 aliphatic heterocycles. The van der Waals surface area contributed by atoms with E-state index in [1.807, 2.05) is 23.4 Å². The van der Waals surface area contributed by atoms with Crippen LogP contribution in [0.25, 0.3) is 0 Å². The molecule has 0 fully saturated rings. The smallest absolute Gasteiger partial charge is 0.317 e. The fourth-order valence-corrected chi connectivity index (χ4v) is 1.49. The molecular formula is C10H17N3O2. The number of aromatic nitrogens is 2. The van der Waals surface area contributed by atoms with Gasteiger partial charge in [0.15, 0.2) is 0 Å². The van der Waals surface area contributed by atoms with Crippen molar-refractivity contribution in [3.8, 4) is 0 Å². The molecule has 0 atom stereocenters. The third-order valence-corrected chi connectivity index (χ3v) is 2.20. The minimum absolute atomic E-state index is 0.0824. The van der Waals surface area contributed by atoms with Gasteiger partial charge >= 0.3 is 5.97 Å². The Morgan fingerprint density at radius 2 is 2.40 bits per heavy atom. The summed E-state index contributed by atoms with van der Waals surface area (Å²) in [5.74, 6) is -0.786. The van der Waals surface area contributed by atoms with E-state index in [1.165, 1.54) is 0 Å². The molecule has 0 aromatic carbocycles. The van der Waals surface area contributed by atoms with Gasteiger partial charge in [0.2, 0.25) is 0 Å². The average molecular weight is 211 g/mol. The van der Waals surface area contributed by atoms with Gasteiger partial charge in [-0.15, -0.1) is 0 Å². The van der Waals surface area contributed by atoms with Gasteiger partial charge in [-0.05, 0) is 13.0 Å². The Kier molecular flexibility index (Phi) is 4.30. The van der Waals surface area contributed by atoms with Gasteiger partial charge in [-0.1, -0.05) is 6.92 Å². The number of rotatable bonds is 6. The summed E-state index contributed by atoms with van der Waals surface area (Å²) in [6.45, 7) is 3.55. The molecule has 5 nitrogen and oxygen atoms in total. The number of hydrogen-bond donors (Lipinski definition) is 1. The number of hydrogen-bond acceptors (Lipinski definition) is 3. The Balaban J connectivity index is 2.58. The molecule has 0 aliphatic rings. The van der Waals surface area contributed by atoms with Crippen LogP contribution in [0, 0.1) is 0 Å². The summed E-state index contributed by atoms with van der Waals surface area (Å²) in [4.78, 5) is 16.5. The van der Waals surface area contributed by atoms with Crippen molar-refractivity contribution in [1.29, 1.82) is 0 Å². The van der Waals surface area contributed by atoms with Crippen LogP contribution in [0.3, 0.4) is 0 Å². The average Bonchev–Trinajstić information content (AvgIpc) is 2.51. The van der Waals surface area contributed by atoms with Crippen LogP contribution < -0.4 is 0 Å². The Hall–Kier alpha value is -1.36. The molecule has 0 spiro atoms. The van der Waals surface area contributed by atoms with Gasteiger partial charge in [0.1, 0.15) is 0 Å². The summed E-state index contributed by atoms with van der Waals surface area (Å²) in [5, 5.41) is 8.74. The summed E-state index contributed by atoms with van der Waals surface area (Å²) in [6.07, 6.45) is 4.44. The SMILES string of the molecule is CCCN(CC(=O)O)Cc1cncn1C. The molecule has 1 rings (SSSR count). The molecular weight excluding hydrogens is 194 g/mol. The van der Waals surface area contributed by atoms with Crippen LogP contribution in [-0.4, -0.2) is 38.6 Å². The number of aliphatic carboxylic acids is 1. The first-order chi connectivity index (χ1) is 7.13. The molecule has 5 heteroatoms. The molecule has 0 saturated heterocycles. The molecule has 84 valence electrons. The number of carbonyl (C=O) groups is 1. The lowest BCUT2D eigenvalue weighted by atomic mass is 10.3. The Morgan fingerprint density at radius 1 is 1.67 bits per heavy atom. The first-order valence-corrected chi connectivity index (χ1v) is 5.02. The zero-order valence-corrected chi connectivity index (χ0v) is 9.18. The van der Waals surface area contributed by atoms with E-state index in [9.17, 15) is 4.79 Å². The summed E-state index contributed by atoms with van der Waals surface area (Å²) in [7, 11) is 1.91. The predicted octanol–water partition coefficient (Wildman–Crippen LogP) is 0.717. The largest absolute Gasteiger partial charge is 0.480 e. The van der Waals surface area contributed by atoms with Gasteiger partial charge in [-0.2, -0.15) is 0 Å². The zero-order chi connectivity index (χ0) is 11.3. The molecule has 0 bridgehead atoms. The van der Waals surface area contributed by atoms with E-state index in [2.05, 4.69) is 4.98 Å². The van der Waals surface area contributed by atoms with Crippen molar-refractivity contribution in [2.24, 2.45) is 7.05 Å². The van der Waals surface area contributed by atoms with Crippen LogP contribution in [0.4, 0.5) is 0 Å². The van der Waals surface area contributed by atoms with Crippen molar-refractivity contribution in [2.45, 2.75) is 19.9 Å². The highest BCUT2D eigenvalue weighted by Gasteiger charge is 2.10. The molecule has 0 aliphatic carbocycles. The molecule has 0 unspecified atom stereocenters. The third-order valence-electron chi connectivity index (χ3n) is 2.20. The van der Waals surface area contributed by atoms with E-state index in [0.29, 0.717) is 6.54 Å². The highest BCUT2D eigenvalue weighted by Crippen LogP contribution is 2.03. The van der Waals surface area contributed by atoms with Crippen LogP contribution >= 0.6 is 0 Å². The molecule has 1 aromatic rings. The van der Waals surface area contributed by atoms with E-state index in [-0.39, 0.29) is 6.54 Å². The van der Waals surface area contributed by atoms with Crippen molar-refractivity contribution in [3.63, 3.8) is 0 Å². The summed E-state index contributed by atoms with van der Waals surface area (Å²) in [6, 6.07) is 0. The van der Waals surface area contributed by atoms with Crippen LogP contribution in [0.15, 0.2) is 12.5 Å². The lowest BCUT2D eigenvalue weighted by Crippen LogP contribution is -2.30. The topological polar surface area (TPSA) is 58.4 Å². The molecule has 1 N–H and O–H groups in total. The first-order valence-electron chi connectivity index (χ1n) is 5.02. The Bertz CT molecular complexity index is 322. The minimum Gasteiger partial charge on any atom is -0.480 e. The summed E-state index contributed by atoms with van der Waals surface area (Å²) < 4.78 is 1.91. The fourth-order valence-electron chi connectivity index (χ4n) is 1.49. The zero-order valence-electron chi connectivity index (χ0n) is 9.18. The van der Waals surface area contributed by atoms with Gasteiger partial charge in [-0.3, -0.25) is 9.69 Å². The van der Waals surface area contributed by atoms with Crippen LogP contribution in [0.5, 0.6) is 0 Å². The molecule has 0 amide bonds. The number of aryl methyl sites for hydroxylation is 1. The van der Waals surface area contributed by atoms with E-state index in [1.54, 1.807) is 12.5 Å². The van der Waals surface area contributed by atoms with Crippen LogP contribution in [0.1, 0.15) is 19.0 Å². The standard InChI is InChI=1S/C10H17N3O2/c1-3-4-13(7-10(14)15)6-9-5-11-8-12(9)2/h5,8H,3-4,6-7H2,1-2H3,(H,14,15). The second-order valence-electron chi connectivity index (χ2n) is 3.60. The number of carboxylic acid groups (broad SMARTS) is 1. The van der Waals surface area contributed by atoms with Crippen LogP contribution in [0.2, 0.25) is 0 Å². The molecule has 15 heavy (non-hydrogen) atoms. The quantitative estimate of drug-likeness (QED) is 0.753. The second-order valence-corrected chi connectivity index (χ2v) is 3.60. The highest BCUT2D eigenvalue weighted by atomic mass is 16.4. The van der Waals surface area contributed by atoms with E-state index in [4.69, 9.17) is 5.11 Å². The van der Waals surface area contributed by atoms with Crippen LogP contribution in [-0.2, 0) is 18.4 Å². The highest BCUT2D eigenvalue weighted by molar-refractivity contribution is 5.69. The minimum atomic E-state index is -0.786.